The molecule has 0 spiro atoms. The maximum Gasteiger partial charge on any atom is 0.338 e. The fourth-order valence-electron chi connectivity index (χ4n) is 2.26. The quantitative estimate of drug-likeness (QED) is 0.582. The standard InChI is InChI=1S/C15H24N2O2/c1-6-13(14(16(2)3)17(4)5)19-15(18)12-10-8-7-9-11-12/h7-11,13-14H,6H2,1-5H3. The Morgan fingerprint density at radius 2 is 1.63 bits per heavy atom. The maximum absolute atomic E-state index is 12.1. The largest absolute Gasteiger partial charge is 0.456 e. The Bertz CT molecular complexity index is 382. The summed E-state index contributed by atoms with van der Waals surface area (Å²) in [6, 6.07) is 9.11. The van der Waals surface area contributed by atoms with E-state index in [4.69, 9.17) is 4.74 Å². The van der Waals surface area contributed by atoms with Crippen LogP contribution in [0.25, 0.3) is 0 Å². The van der Waals surface area contributed by atoms with E-state index in [0.717, 1.165) is 6.42 Å². The summed E-state index contributed by atoms with van der Waals surface area (Å²) in [5, 5.41) is 0. The number of nitrogens with zero attached hydrogens (tertiary/aromatic N) is 2. The first-order chi connectivity index (χ1) is 8.97. The first-order valence-corrected chi connectivity index (χ1v) is 6.56. The zero-order valence-corrected chi connectivity index (χ0v) is 12.5. The van der Waals surface area contributed by atoms with Crippen molar-refractivity contribution in [3.8, 4) is 0 Å². The van der Waals surface area contributed by atoms with E-state index < -0.39 is 0 Å². The van der Waals surface area contributed by atoms with Crippen molar-refractivity contribution in [2.75, 3.05) is 28.2 Å². The molecule has 0 amide bonds. The maximum atomic E-state index is 12.1. The van der Waals surface area contributed by atoms with E-state index in [9.17, 15) is 4.79 Å². The van der Waals surface area contributed by atoms with Crippen LogP contribution in [0.15, 0.2) is 30.3 Å². The van der Waals surface area contributed by atoms with Crippen LogP contribution in [0.1, 0.15) is 23.7 Å². The highest BCUT2D eigenvalue weighted by molar-refractivity contribution is 5.89. The third-order valence-electron chi connectivity index (χ3n) is 3.06. The molecule has 19 heavy (non-hydrogen) atoms. The first kappa shape index (κ1) is 15.7. The molecule has 0 heterocycles. The number of ether oxygens (including phenoxy) is 1. The molecule has 4 heteroatoms. The molecule has 0 aliphatic heterocycles. The SMILES string of the molecule is CCC(OC(=O)c1ccccc1)C(N(C)C)N(C)C. The van der Waals surface area contributed by atoms with E-state index in [0.29, 0.717) is 5.56 Å². The monoisotopic (exact) mass is 264 g/mol. The van der Waals surface area contributed by atoms with Crippen LogP contribution in [0.3, 0.4) is 0 Å². The van der Waals surface area contributed by atoms with Crippen molar-refractivity contribution in [3.05, 3.63) is 35.9 Å². The predicted octanol–water partition coefficient (Wildman–Crippen LogP) is 2.07. The van der Waals surface area contributed by atoms with E-state index in [-0.39, 0.29) is 18.2 Å². The Morgan fingerprint density at radius 3 is 2.05 bits per heavy atom. The molecule has 0 aliphatic rings. The normalized spacial score (nSPS) is 13.1. The van der Waals surface area contributed by atoms with Crippen LogP contribution in [0, 0.1) is 0 Å². The second-order valence-corrected chi connectivity index (χ2v) is 5.06. The van der Waals surface area contributed by atoms with Crippen LogP contribution in [-0.4, -0.2) is 56.2 Å². The van der Waals surface area contributed by atoms with E-state index in [1.165, 1.54) is 0 Å². The van der Waals surface area contributed by atoms with Gasteiger partial charge in [-0.2, -0.15) is 0 Å². The van der Waals surface area contributed by atoms with Crippen LogP contribution in [-0.2, 0) is 4.74 Å². The number of benzene rings is 1. The lowest BCUT2D eigenvalue weighted by atomic mass is 10.1. The Balaban J connectivity index is 2.79. The van der Waals surface area contributed by atoms with Crippen molar-refractivity contribution in [2.45, 2.75) is 25.6 Å². The second-order valence-electron chi connectivity index (χ2n) is 5.06. The molecule has 1 aromatic carbocycles. The minimum atomic E-state index is -0.263. The summed E-state index contributed by atoms with van der Waals surface area (Å²) in [6.07, 6.45) is 0.690. The van der Waals surface area contributed by atoms with Gasteiger partial charge in [-0.05, 0) is 46.7 Å². The number of hydrogen-bond acceptors (Lipinski definition) is 4. The first-order valence-electron chi connectivity index (χ1n) is 6.56. The van der Waals surface area contributed by atoms with Gasteiger partial charge in [-0.15, -0.1) is 0 Å². The zero-order valence-electron chi connectivity index (χ0n) is 12.5. The summed E-state index contributed by atoms with van der Waals surface area (Å²) in [6.45, 7) is 2.03. The topological polar surface area (TPSA) is 32.8 Å². The van der Waals surface area contributed by atoms with Gasteiger partial charge in [0.05, 0.1) is 11.7 Å². The molecular formula is C15H24N2O2. The Hall–Kier alpha value is -1.39. The third-order valence-corrected chi connectivity index (χ3v) is 3.06. The molecule has 0 aliphatic carbocycles. The van der Waals surface area contributed by atoms with Crippen LogP contribution < -0.4 is 0 Å². The van der Waals surface area contributed by atoms with Crippen molar-refractivity contribution in [2.24, 2.45) is 0 Å². The van der Waals surface area contributed by atoms with Gasteiger partial charge in [0.25, 0.3) is 0 Å². The van der Waals surface area contributed by atoms with Crippen molar-refractivity contribution in [1.82, 2.24) is 9.80 Å². The van der Waals surface area contributed by atoms with Crippen LogP contribution in [0.2, 0.25) is 0 Å². The molecule has 1 aromatic rings. The van der Waals surface area contributed by atoms with Gasteiger partial charge in [-0.3, -0.25) is 9.80 Å². The highest BCUT2D eigenvalue weighted by atomic mass is 16.5. The van der Waals surface area contributed by atoms with Crippen molar-refractivity contribution >= 4 is 5.97 Å². The molecule has 1 unspecified atom stereocenters. The van der Waals surface area contributed by atoms with Gasteiger partial charge in [0.15, 0.2) is 0 Å². The molecule has 1 rings (SSSR count). The van der Waals surface area contributed by atoms with Gasteiger partial charge in [0.2, 0.25) is 0 Å². The zero-order chi connectivity index (χ0) is 14.4. The average Bonchev–Trinajstić information content (AvgIpc) is 2.37. The molecule has 0 radical (unpaired) electrons. The summed E-state index contributed by atoms with van der Waals surface area (Å²) < 4.78 is 5.65. The van der Waals surface area contributed by atoms with Gasteiger partial charge in [-0.25, -0.2) is 4.79 Å². The predicted molar refractivity (Wildman–Crippen MR) is 77.1 cm³/mol. The third kappa shape index (κ3) is 4.33. The summed E-state index contributed by atoms with van der Waals surface area (Å²) in [7, 11) is 7.96. The van der Waals surface area contributed by atoms with Gasteiger partial charge in [0.1, 0.15) is 6.10 Å². The molecule has 0 bridgehead atoms. The van der Waals surface area contributed by atoms with Crippen molar-refractivity contribution in [3.63, 3.8) is 0 Å². The fraction of sp³-hybridized carbons (Fsp3) is 0.533. The molecule has 4 nitrogen and oxygen atoms in total. The molecular weight excluding hydrogens is 240 g/mol. The van der Waals surface area contributed by atoms with Crippen molar-refractivity contribution in [1.29, 1.82) is 0 Å². The number of carbonyl (C=O) groups excluding carboxylic acids is 1. The summed E-state index contributed by atoms with van der Waals surface area (Å²) in [4.78, 5) is 16.2. The molecule has 0 saturated carbocycles. The Kier molecular flexibility index (Phi) is 5.99. The number of hydrogen-bond donors (Lipinski definition) is 0. The lowest BCUT2D eigenvalue weighted by Crippen LogP contribution is -2.50. The number of rotatable bonds is 6. The Morgan fingerprint density at radius 1 is 1.11 bits per heavy atom. The van der Waals surface area contributed by atoms with E-state index in [2.05, 4.69) is 9.80 Å². The number of esters is 1. The van der Waals surface area contributed by atoms with Gasteiger partial charge in [0, 0.05) is 0 Å². The molecule has 0 N–H and O–H groups in total. The van der Waals surface area contributed by atoms with Crippen LogP contribution >= 0.6 is 0 Å². The molecule has 0 saturated heterocycles. The summed E-state index contributed by atoms with van der Waals surface area (Å²) in [5.41, 5.74) is 0.595. The van der Waals surface area contributed by atoms with E-state index in [1.54, 1.807) is 12.1 Å². The lowest BCUT2D eigenvalue weighted by Gasteiger charge is -2.36. The molecule has 1 atom stereocenters. The number of carbonyl (C=O) groups is 1. The van der Waals surface area contributed by atoms with Gasteiger partial charge < -0.3 is 4.74 Å². The van der Waals surface area contributed by atoms with Crippen LogP contribution in [0.5, 0.6) is 0 Å². The van der Waals surface area contributed by atoms with Gasteiger partial charge in [-0.1, -0.05) is 25.1 Å². The highest BCUT2D eigenvalue weighted by Gasteiger charge is 2.27. The molecule has 0 aromatic heterocycles. The van der Waals surface area contributed by atoms with Gasteiger partial charge >= 0.3 is 5.97 Å². The van der Waals surface area contributed by atoms with E-state index in [1.807, 2.05) is 53.3 Å². The fourth-order valence-corrected chi connectivity index (χ4v) is 2.26. The Labute approximate surface area is 116 Å². The highest BCUT2D eigenvalue weighted by Crippen LogP contribution is 2.14. The minimum Gasteiger partial charge on any atom is -0.456 e. The second kappa shape index (κ2) is 7.26. The van der Waals surface area contributed by atoms with Crippen LogP contribution in [0.4, 0.5) is 0 Å². The molecule has 106 valence electrons. The average molecular weight is 264 g/mol. The number of likely N-dealkylation sites (N-methyl/N-ethyl adjacent to an activating group) is 2. The smallest absolute Gasteiger partial charge is 0.338 e. The summed E-state index contributed by atoms with van der Waals surface area (Å²) in [5.74, 6) is -0.263. The van der Waals surface area contributed by atoms with E-state index >= 15 is 0 Å². The molecule has 0 fully saturated rings. The minimum absolute atomic E-state index is 0.0673. The summed E-state index contributed by atoms with van der Waals surface area (Å²) >= 11 is 0. The van der Waals surface area contributed by atoms with Crippen molar-refractivity contribution < 1.29 is 9.53 Å². The lowest BCUT2D eigenvalue weighted by molar-refractivity contribution is -0.0313.